The summed E-state index contributed by atoms with van der Waals surface area (Å²) in [5.41, 5.74) is 10.2. The summed E-state index contributed by atoms with van der Waals surface area (Å²) in [6, 6.07) is 13.6. The molecule has 0 saturated carbocycles. The third-order valence-corrected chi connectivity index (χ3v) is 7.34. The first-order valence-electron chi connectivity index (χ1n) is 11.0. The third kappa shape index (κ3) is 2.40. The number of aromatic nitrogens is 1. The molecule has 1 N–H and O–H groups in total. The molecule has 2 aromatic carbocycles. The van der Waals surface area contributed by atoms with Crippen molar-refractivity contribution in [2.75, 3.05) is 0 Å². The van der Waals surface area contributed by atoms with Crippen molar-refractivity contribution in [1.82, 2.24) is 4.98 Å². The summed E-state index contributed by atoms with van der Waals surface area (Å²) in [5.74, 6) is 2.13. The number of hydrogen-bond donors (Lipinski definition) is 1. The standard InChI is InChI=1S/C28H27N/c1-3-7-21-17(2)16-20-13-12-18-8-6-9-19-14-15-24-28(27(19)26(18)25(20)21)22-10-4-5-11-23(22)29-24/h3-8,10-15,17,19,21,27,29H,9,16H2,1-2H3/b7-3-. The van der Waals surface area contributed by atoms with E-state index in [4.69, 9.17) is 0 Å². The lowest BCUT2D eigenvalue weighted by Crippen LogP contribution is -2.18. The Bertz CT molecular complexity index is 1200. The fraction of sp³-hybridized carbons (Fsp3) is 0.286. The molecule has 0 radical (unpaired) electrons. The first-order valence-corrected chi connectivity index (χ1v) is 11.0. The van der Waals surface area contributed by atoms with Gasteiger partial charge < -0.3 is 4.98 Å². The quantitative estimate of drug-likeness (QED) is 0.431. The monoisotopic (exact) mass is 377 g/mol. The summed E-state index contributed by atoms with van der Waals surface area (Å²) < 4.78 is 0. The zero-order chi connectivity index (χ0) is 19.5. The highest BCUT2D eigenvalue weighted by molar-refractivity contribution is 5.90. The van der Waals surface area contributed by atoms with E-state index < -0.39 is 0 Å². The van der Waals surface area contributed by atoms with Crippen LogP contribution in [0.15, 0.2) is 60.7 Å². The summed E-state index contributed by atoms with van der Waals surface area (Å²) in [6.45, 7) is 4.58. The summed E-state index contributed by atoms with van der Waals surface area (Å²) in [4.78, 5) is 3.69. The van der Waals surface area contributed by atoms with Crippen molar-refractivity contribution in [3.63, 3.8) is 0 Å². The molecular formula is C28H27N. The van der Waals surface area contributed by atoms with Gasteiger partial charge in [0.2, 0.25) is 0 Å². The average Bonchev–Trinajstić information content (AvgIpc) is 3.19. The Labute approximate surface area is 172 Å². The number of para-hydroxylation sites is 1. The number of rotatable bonds is 1. The van der Waals surface area contributed by atoms with Crippen LogP contribution < -0.4 is 0 Å². The largest absolute Gasteiger partial charge is 0.355 e. The van der Waals surface area contributed by atoms with Crippen LogP contribution in [-0.4, -0.2) is 4.98 Å². The predicted molar refractivity (Wildman–Crippen MR) is 123 cm³/mol. The molecule has 0 aliphatic heterocycles. The van der Waals surface area contributed by atoms with E-state index in [-0.39, 0.29) is 0 Å². The van der Waals surface area contributed by atoms with Crippen LogP contribution in [0.1, 0.15) is 65.6 Å². The molecule has 4 atom stereocenters. The minimum atomic E-state index is 0.421. The zero-order valence-corrected chi connectivity index (χ0v) is 17.2. The van der Waals surface area contributed by atoms with E-state index in [1.807, 2.05) is 0 Å². The molecule has 144 valence electrons. The van der Waals surface area contributed by atoms with Gasteiger partial charge in [-0.1, -0.05) is 67.6 Å². The topological polar surface area (TPSA) is 15.8 Å². The molecule has 3 aliphatic carbocycles. The first-order chi connectivity index (χ1) is 14.3. The molecule has 0 fully saturated rings. The van der Waals surface area contributed by atoms with E-state index >= 15 is 0 Å². The van der Waals surface area contributed by atoms with Gasteiger partial charge in [-0.05, 0) is 71.6 Å². The third-order valence-electron chi connectivity index (χ3n) is 7.34. The fourth-order valence-electron chi connectivity index (χ4n) is 6.14. The fourth-order valence-corrected chi connectivity index (χ4v) is 6.14. The van der Waals surface area contributed by atoms with Crippen molar-refractivity contribution < 1.29 is 0 Å². The van der Waals surface area contributed by atoms with Crippen LogP contribution in [0.5, 0.6) is 0 Å². The van der Waals surface area contributed by atoms with Crippen LogP contribution in [0.3, 0.4) is 0 Å². The molecule has 6 rings (SSSR count). The van der Waals surface area contributed by atoms with Crippen LogP contribution in [-0.2, 0) is 6.42 Å². The molecule has 4 unspecified atom stereocenters. The Morgan fingerprint density at radius 3 is 2.79 bits per heavy atom. The van der Waals surface area contributed by atoms with Gasteiger partial charge in [-0.15, -0.1) is 0 Å². The highest BCUT2D eigenvalue weighted by Crippen LogP contribution is 2.52. The molecule has 3 aromatic rings. The van der Waals surface area contributed by atoms with E-state index in [1.54, 1.807) is 16.7 Å². The number of allylic oxidation sites excluding steroid dienone is 4. The summed E-state index contributed by atoms with van der Waals surface area (Å²) >= 11 is 0. The number of hydrogen-bond acceptors (Lipinski definition) is 0. The maximum absolute atomic E-state index is 3.69. The Balaban J connectivity index is 1.67. The van der Waals surface area contributed by atoms with Gasteiger partial charge in [0.15, 0.2) is 0 Å². The number of nitrogens with one attached hydrogen (secondary N) is 1. The van der Waals surface area contributed by atoms with E-state index in [9.17, 15) is 0 Å². The first kappa shape index (κ1) is 17.1. The van der Waals surface area contributed by atoms with Crippen molar-refractivity contribution in [3.8, 4) is 0 Å². The van der Waals surface area contributed by atoms with Crippen molar-refractivity contribution in [2.24, 2.45) is 11.8 Å². The molecule has 0 bridgehead atoms. The van der Waals surface area contributed by atoms with Crippen LogP contribution in [0.2, 0.25) is 0 Å². The van der Waals surface area contributed by atoms with E-state index in [0.717, 1.165) is 6.42 Å². The molecule has 0 spiro atoms. The molecule has 3 aliphatic rings. The van der Waals surface area contributed by atoms with Crippen molar-refractivity contribution in [3.05, 3.63) is 94.2 Å². The molecule has 1 heteroatoms. The molecule has 1 aromatic heterocycles. The lowest BCUT2D eigenvalue weighted by Gasteiger charge is -2.31. The second-order valence-electron chi connectivity index (χ2n) is 9.01. The molecule has 0 amide bonds. The van der Waals surface area contributed by atoms with Crippen LogP contribution >= 0.6 is 0 Å². The number of fused-ring (bicyclic) bond motifs is 9. The number of H-pyrrole nitrogens is 1. The summed E-state index contributed by atoms with van der Waals surface area (Å²) in [6.07, 6.45) is 16.5. The van der Waals surface area contributed by atoms with Gasteiger partial charge in [-0.2, -0.15) is 0 Å². The van der Waals surface area contributed by atoms with Gasteiger partial charge in [-0.25, -0.2) is 0 Å². The summed E-state index contributed by atoms with van der Waals surface area (Å²) in [5, 5.41) is 1.39. The molecular weight excluding hydrogens is 350 g/mol. The zero-order valence-electron chi connectivity index (χ0n) is 17.2. The van der Waals surface area contributed by atoms with Gasteiger partial charge in [0, 0.05) is 28.4 Å². The van der Waals surface area contributed by atoms with Gasteiger partial charge >= 0.3 is 0 Å². The smallest absolute Gasteiger partial charge is 0.0461 e. The lowest BCUT2D eigenvalue weighted by atomic mass is 9.72. The Hall–Kier alpha value is -2.80. The second-order valence-corrected chi connectivity index (χ2v) is 9.01. The molecule has 29 heavy (non-hydrogen) atoms. The Morgan fingerprint density at radius 2 is 1.90 bits per heavy atom. The predicted octanol–water partition coefficient (Wildman–Crippen LogP) is 7.21. The minimum Gasteiger partial charge on any atom is -0.355 e. The van der Waals surface area contributed by atoms with Gasteiger partial charge in [0.05, 0.1) is 0 Å². The van der Waals surface area contributed by atoms with Crippen LogP contribution in [0, 0.1) is 11.8 Å². The van der Waals surface area contributed by atoms with Crippen molar-refractivity contribution in [2.45, 2.75) is 38.5 Å². The minimum absolute atomic E-state index is 0.421. The molecule has 0 saturated heterocycles. The summed E-state index contributed by atoms with van der Waals surface area (Å²) in [7, 11) is 0. The van der Waals surface area contributed by atoms with Gasteiger partial charge in [0.25, 0.3) is 0 Å². The highest BCUT2D eigenvalue weighted by Gasteiger charge is 2.38. The van der Waals surface area contributed by atoms with Crippen LogP contribution in [0.4, 0.5) is 0 Å². The Kier molecular flexibility index (Phi) is 3.74. The Morgan fingerprint density at radius 1 is 1.00 bits per heavy atom. The molecule has 1 nitrogen and oxygen atoms in total. The van der Waals surface area contributed by atoms with Crippen molar-refractivity contribution >= 4 is 23.1 Å². The normalized spacial score (nSPS) is 27.0. The maximum atomic E-state index is 3.69. The maximum Gasteiger partial charge on any atom is 0.0461 e. The van der Waals surface area contributed by atoms with E-state index in [1.165, 1.54) is 34.1 Å². The van der Waals surface area contributed by atoms with E-state index in [0.29, 0.717) is 23.7 Å². The van der Waals surface area contributed by atoms with E-state index in [2.05, 4.69) is 91.7 Å². The van der Waals surface area contributed by atoms with Gasteiger partial charge in [-0.3, -0.25) is 0 Å². The average molecular weight is 378 g/mol. The lowest BCUT2D eigenvalue weighted by molar-refractivity contribution is 0.549. The van der Waals surface area contributed by atoms with Gasteiger partial charge in [0.1, 0.15) is 0 Å². The number of benzene rings is 2. The van der Waals surface area contributed by atoms with Crippen LogP contribution in [0.25, 0.3) is 23.1 Å². The second kappa shape index (κ2) is 6.35. The SMILES string of the molecule is C/C=C\C1c2c(ccc3c2C2c4c([nH]c5ccccc45)C=CC2CC=C3)CC1C. The number of aromatic amines is 1. The highest BCUT2D eigenvalue weighted by atomic mass is 14.7. The van der Waals surface area contributed by atoms with Crippen molar-refractivity contribution in [1.29, 1.82) is 0 Å². The molecule has 1 heterocycles.